The minimum absolute atomic E-state index is 0.00854. The molecule has 2 heteroatoms. The Morgan fingerprint density at radius 3 is 2.29 bits per heavy atom. The lowest BCUT2D eigenvalue weighted by Gasteiger charge is -2.37. The molecule has 3 aliphatic rings. The van der Waals surface area contributed by atoms with Crippen LogP contribution in [-0.4, -0.2) is 29.3 Å². The molecule has 0 aromatic heterocycles. The van der Waals surface area contributed by atoms with Crippen LogP contribution in [0.3, 0.4) is 0 Å². The molecule has 3 fully saturated rings. The predicted octanol–water partition coefficient (Wildman–Crippen LogP) is 3.15. The molecule has 96 valence electrons. The maximum atomic E-state index is 12.6. The van der Waals surface area contributed by atoms with Crippen molar-refractivity contribution < 1.29 is 4.79 Å². The number of ketones is 1. The zero-order chi connectivity index (χ0) is 11.7. The van der Waals surface area contributed by atoms with Crippen molar-refractivity contribution in [3.63, 3.8) is 0 Å². The number of Topliss-reactive ketones (excluding diaryl/α,β-unsaturated/α-hetero) is 1. The van der Waals surface area contributed by atoms with Gasteiger partial charge in [-0.25, -0.2) is 0 Å². The van der Waals surface area contributed by atoms with Gasteiger partial charge >= 0.3 is 0 Å². The van der Waals surface area contributed by atoms with Gasteiger partial charge < -0.3 is 0 Å². The van der Waals surface area contributed by atoms with Gasteiger partial charge in [0.2, 0.25) is 0 Å². The topological polar surface area (TPSA) is 20.3 Å². The van der Waals surface area contributed by atoms with Gasteiger partial charge in [-0.1, -0.05) is 25.7 Å². The van der Waals surface area contributed by atoms with Crippen LogP contribution in [-0.2, 0) is 4.79 Å². The lowest BCUT2D eigenvalue weighted by atomic mass is 9.87. The van der Waals surface area contributed by atoms with Gasteiger partial charge in [0, 0.05) is 6.42 Å². The van der Waals surface area contributed by atoms with E-state index in [9.17, 15) is 4.79 Å². The van der Waals surface area contributed by atoms with Crippen LogP contribution in [0.4, 0.5) is 0 Å². The van der Waals surface area contributed by atoms with E-state index in [0.29, 0.717) is 5.78 Å². The molecule has 17 heavy (non-hydrogen) atoms. The standard InChI is InChI=1S/C15H25NO/c17-14(8-7-13-5-6-13)15(9-1-2-10-15)16-11-3-4-12-16/h13H,1-12H2. The van der Waals surface area contributed by atoms with Crippen LogP contribution >= 0.6 is 0 Å². The fraction of sp³-hybridized carbons (Fsp3) is 0.933. The molecule has 1 aliphatic heterocycles. The van der Waals surface area contributed by atoms with E-state index in [4.69, 9.17) is 0 Å². The first kappa shape index (κ1) is 11.7. The van der Waals surface area contributed by atoms with E-state index in [1.807, 2.05) is 0 Å². The first-order valence-corrected chi connectivity index (χ1v) is 7.60. The predicted molar refractivity (Wildman–Crippen MR) is 69.0 cm³/mol. The number of hydrogen-bond donors (Lipinski definition) is 0. The zero-order valence-electron chi connectivity index (χ0n) is 10.9. The van der Waals surface area contributed by atoms with Crippen molar-refractivity contribution in [1.29, 1.82) is 0 Å². The van der Waals surface area contributed by atoms with Crippen molar-refractivity contribution in [2.24, 2.45) is 5.92 Å². The molecule has 0 N–H and O–H groups in total. The second-order valence-electron chi connectivity index (χ2n) is 6.34. The maximum absolute atomic E-state index is 12.6. The molecule has 1 saturated heterocycles. The molecular weight excluding hydrogens is 210 g/mol. The molecule has 0 radical (unpaired) electrons. The fourth-order valence-electron chi connectivity index (χ4n) is 3.85. The molecule has 0 unspecified atom stereocenters. The molecule has 0 aromatic rings. The Morgan fingerprint density at radius 1 is 1.06 bits per heavy atom. The van der Waals surface area contributed by atoms with Gasteiger partial charge in [0.25, 0.3) is 0 Å². The highest BCUT2D eigenvalue weighted by Gasteiger charge is 2.46. The second kappa shape index (κ2) is 4.72. The van der Waals surface area contributed by atoms with E-state index in [1.54, 1.807) is 0 Å². The Kier molecular flexibility index (Phi) is 3.25. The first-order chi connectivity index (χ1) is 8.31. The van der Waals surface area contributed by atoms with Crippen molar-refractivity contribution >= 4 is 5.78 Å². The summed E-state index contributed by atoms with van der Waals surface area (Å²) in [5, 5.41) is 0. The minimum Gasteiger partial charge on any atom is -0.298 e. The Labute approximate surface area is 105 Å². The molecular formula is C15H25NO. The Balaban J connectivity index is 1.66. The number of nitrogens with zero attached hydrogens (tertiary/aromatic N) is 1. The molecule has 1 heterocycles. The van der Waals surface area contributed by atoms with Crippen LogP contribution in [0.2, 0.25) is 0 Å². The highest BCUT2D eigenvalue weighted by Crippen LogP contribution is 2.41. The molecule has 0 amide bonds. The quantitative estimate of drug-likeness (QED) is 0.729. The number of hydrogen-bond acceptors (Lipinski definition) is 2. The van der Waals surface area contributed by atoms with Crippen molar-refractivity contribution in [2.75, 3.05) is 13.1 Å². The average Bonchev–Trinajstić information content (AvgIpc) is 2.86. The SMILES string of the molecule is O=C(CCC1CC1)C1(N2CCCC2)CCCC1. The molecule has 0 bridgehead atoms. The summed E-state index contributed by atoms with van der Waals surface area (Å²) in [5.41, 5.74) is -0.00854. The summed E-state index contributed by atoms with van der Waals surface area (Å²) in [6.07, 6.45) is 12.2. The lowest BCUT2D eigenvalue weighted by Crippen LogP contribution is -2.51. The average molecular weight is 235 g/mol. The summed E-state index contributed by atoms with van der Waals surface area (Å²) in [6.45, 7) is 2.35. The third kappa shape index (κ3) is 2.29. The van der Waals surface area contributed by atoms with E-state index in [1.165, 1.54) is 58.0 Å². The van der Waals surface area contributed by atoms with Gasteiger partial charge in [0.05, 0.1) is 5.54 Å². The Hall–Kier alpha value is -0.370. The highest BCUT2D eigenvalue weighted by molar-refractivity contribution is 5.88. The van der Waals surface area contributed by atoms with Gasteiger partial charge in [0.1, 0.15) is 0 Å². The van der Waals surface area contributed by atoms with Crippen LogP contribution < -0.4 is 0 Å². The molecule has 0 spiro atoms. The molecule has 2 nitrogen and oxygen atoms in total. The van der Waals surface area contributed by atoms with Gasteiger partial charge in [-0.3, -0.25) is 9.69 Å². The monoisotopic (exact) mass is 235 g/mol. The first-order valence-electron chi connectivity index (χ1n) is 7.60. The molecule has 2 aliphatic carbocycles. The maximum Gasteiger partial charge on any atom is 0.153 e. The Morgan fingerprint density at radius 2 is 1.71 bits per heavy atom. The summed E-state index contributed by atoms with van der Waals surface area (Å²) < 4.78 is 0. The molecule has 0 aromatic carbocycles. The number of rotatable bonds is 5. The van der Waals surface area contributed by atoms with E-state index in [2.05, 4.69) is 4.90 Å². The van der Waals surface area contributed by atoms with Crippen LogP contribution in [0.5, 0.6) is 0 Å². The van der Waals surface area contributed by atoms with Crippen molar-refractivity contribution in [1.82, 2.24) is 4.90 Å². The highest BCUT2D eigenvalue weighted by atomic mass is 16.1. The van der Waals surface area contributed by atoms with E-state index in [-0.39, 0.29) is 5.54 Å². The van der Waals surface area contributed by atoms with Gasteiger partial charge in [-0.15, -0.1) is 0 Å². The summed E-state index contributed by atoms with van der Waals surface area (Å²) in [5.74, 6) is 1.49. The number of likely N-dealkylation sites (tertiary alicyclic amines) is 1. The normalized spacial score (nSPS) is 28.7. The van der Waals surface area contributed by atoms with E-state index < -0.39 is 0 Å². The summed E-state index contributed by atoms with van der Waals surface area (Å²) in [4.78, 5) is 15.2. The van der Waals surface area contributed by atoms with Crippen LogP contribution in [0.15, 0.2) is 0 Å². The van der Waals surface area contributed by atoms with Crippen LogP contribution in [0, 0.1) is 5.92 Å². The van der Waals surface area contributed by atoms with Crippen molar-refractivity contribution in [3.05, 3.63) is 0 Å². The third-order valence-electron chi connectivity index (χ3n) is 5.14. The largest absolute Gasteiger partial charge is 0.298 e. The van der Waals surface area contributed by atoms with Crippen LogP contribution in [0.1, 0.15) is 64.2 Å². The third-order valence-corrected chi connectivity index (χ3v) is 5.14. The summed E-state index contributed by atoms with van der Waals surface area (Å²) >= 11 is 0. The fourth-order valence-corrected chi connectivity index (χ4v) is 3.85. The van der Waals surface area contributed by atoms with E-state index in [0.717, 1.165) is 25.2 Å². The van der Waals surface area contributed by atoms with Gasteiger partial charge in [-0.2, -0.15) is 0 Å². The van der Waals surface area contributed by atoms with Gasteiger partial charge in [0.15, 0.2) is 5.78 Å². The molecule has 2 saturated carbocycles. The summed E-state index contributed by atoms with van der Waals surface area (Å²) in [6, 6.07) is 0. The second-order valence-corrected chi connectivity index (χ2v) is 6.34. The minimum atomic E-state index is -0.00854. The molecule has 0 atom stereocenters. The Bertz CT molecular complexity index is 283. The van der Waals surface area contributed by atoms with Gasteiger partial charge in [-0.05, 0) is 51.1 Å². The summed E-state index contributed by atoms with van der Waals surface area (Å²) in [7, 11) is 0. The lowest BCUT2D eigenvalue weighted by molar-refractivity contribution is -0.130. The number of carbonyl (C=O) groups excluding carboxylic acids is 1. The zero-order valence-corrected chi connectivity index (χ0v) is 10.9. The van der Waals surface area contributed by atoms with Crippen molar-refractivity contribution in [2.45, 2.75) is 69.7 Å². The van der Waals surface area contributed by atoms with Crippen LogP contribution in [0.25, 0.3) is 0 Å². The number of carbonyl (C=O) groups is 1. The van der Waals surface area contributed by atoms with Crippen molar-refractivity contribution in [3.8, 4) is 0 Å². The smallest absolute Gasteiger partial charge is 0.153 e. The van der Waals surface area contributed by atoms with E-state index >= 15 is 0 Å². The molecule has 3 rings (SSSR count).